The molecular weight excluding hydrogens is 186 g/mol. The van der Waals surface area contributed by atoms with Gasteiger partial charge in [0.05, 0.1) is 12.7 Å². The Morgan fingerprint density at radius 3 is 2.60 bits per heavy atom. The maximum atomic E-state index is 5.83. The van der Waals surface area contributed by atoms with E-state index in [1.165, 1.54) is 44.9 Å². The van der Waals surface area contributed by atoms with Gasteiger partial charge in [0.1, 0.15) is 0 Å². The van der Waals surface area contributed by atoms with Crippen molar-refractivity contribution in [3.05, 3.63) is 0 Å². The first-order valence-electron chi connectivity index (χ1n) is 6.69. The number of nitrogens with one attached hydrogen (secondary N) is 1. The monoisotopic (exact) mass is 211 g/mol. The van der Waals surface area contributed by atoms with Crippen LogP contribution >= 0.6 is 0 Å². The van der Waals surface area contributed by atoms with Gasteiger partial charge in [-0.15, -0.1) is 0 Å². The molecule has 0 spiro atoms. The molecule has 0 heterocycles. The fourth-order valence-electron chi connectivity index (χ4n) is 2.94. The Balaban J connectivity index is 1.48. The normalized spacial score (nSPS) is 32.6. The van der Waals surface area contributed by atoms with Gasteiger partial charge in [-0.2, -0.15) is 0 Å². The molecule has 0 aromatic heterocycles. The van der Waals surface area contributed by atoms with Crippen LogP contribution in [-0.2, 0) is 4.74 Å². The van der Waals surface area contributed by atoms with Crippen molar-refractivity contribution in [3.8, 4) is 0 Å². The van der Waals surface area contributed by atoms with Gasteiger partial charge in [-0.25, -0.2) is 0 Å². The molecule has 15 heavy (non-hydrogen) atoms. The van der Waals surface area contributed by atoms with Crippen molar-refractivity contribution in [1.29, 1.82) is 0 Å². The van der Waals surface area contributed by atoms with Gasteiger partial charge in [0.2, 0.25) is 0 Å². The van der Waals surface area contributed by atoms with Gasteiger partial charge in [0, 0.05) is 12.6 Å². The van der Waals surface area contributed by atoms with Crippen molar-refractivity contribution in [3.63, 3.8) is 0 Å². The van der Waals surface area contributed by atoms with Crippen LogP contribution in [0.5, 0.6) is 0 Å². The maximum absolute atomic E-state index is 5.83. The molecule has 2 aliphatic rings. The zero-order valence-corrected chi connectivity index (χ0v) is 10.0. The second kappa shape index (κ2) is 5.86. The third kappa shape index (κ3) is 3.76. The first-order chi connectivity index (χ1) is 7.34. The lowest BCUT2D eigenvalue weighted by Crippen LogP contribution is -2.30. The Hall–Kier alpha value is -0.0800. The zero-order chi connectivity index (χ0) is 10.5. The highest BCUT2D eigenvalue weighted by Gasteiger charge is 2.20. The number of rotatable bonds is 5. The van der Waals surface area contributed by atoms with Crippen molar-refractivity contribution >= 4 is 0 Å². The molecule has 2 fully saturated rings. The van der Waals surface area contributed by atoms with Crippen LogP contribution < -0.4 is 5.32 Å². The smallest absolute Gasteiger partial charge is 0.0594 e. The summed E-state index contributed by atoms with van der Waals surface area (Å²) in [6, 6.07) is 0.771. The third-order valence-corrected chi connectivity index (χ3v) is 3.89. The highest BCUT2D eigenvalue weighted by Crippen LogP contribution is 2.24. The van der Waals surface area contributed by atoms with E-state index in [0.717, 1.165) is 25.1 Å². The molecule has 0 amide bonds. The van der Waals surface area contributed by atoms with Crippen LogP contribution in [-0.4, -0.2) is 25.3 Å². The minimum atomic E-state index is 0.578. The van der Waals surface area contributed by atoms with Crippen LogP contribution in [0, 0.1) is 5.92 Å². The summed E-state index contributed by atoms with van der Waals surface area (Å²) in [7, 11) is 0. The molecule has 0 saturated heterocycles. The van der Waals surface area contributed by atoms with E-state index in [-0.39, 0.29) is 0 Å². The fraction of sp³-hybridized carbons (Fsp3) is 1.00. The van der Waals surface area contributed by atoms with Crippen LogP contribution in [0.25, 0.3) is 0 Å². The summed E-state index contributed by atoms with van der Waals surface area (Å²) in [5, 5.41) is 3.61. The molecular formula is C13H25NO. The SMILES string of the molecule is CC1CCC(NCCOC2CCCC2)C1. The first-order valence-corrected chi connectivity index (χ1v) is 6.69. The van der Waals surface area contributed by atoms with Gasteiger partial charge < -0.3 is 10.1 Å². The Morgan fingerprint density at radius 2 is 1.93 bits per heavy atom. The second-order valence-corrected chi connectivity index (χ2v) is 5.35. The van der Waals surface area contributed by atoms with E-state index in [1.54, 1.807) is 0 Å². The van der Waals surface area contributed by atoms with Crippen LogP contribution in [0.2, 0.25) is 0 Å². The zero-order valence-electron chi connectivity index (χ0n) is 10.0. The lowest BCUT2D eigenvalue weighted by molar-refractivity contribution is 0.0591. The molecule has 2 rings (SSSR count). The number of ether oxygens (including phenoxy) is 1. The van der Waals surface area contributed by atoms with E-state index in [2.05, 4.69) is 12.2 Å². The number of hydrogen-bond donors (Lipinski definition) is 1. The second-order valence-electron chi connectivity index (χ2n) is 5.35. The summed E-state index contributed by atoms with van der Waals surface area (Å²) >= 11 is 0. The van der Waals surface area contributed by atoms with Crippen LogP contribution in [0.3, 0.4) is 0 Å². The highest BCUT2D eigenvalue weighted by atomic mass is 16.5. The quantitative estimate of drug-likeness (QED) is 0.706. The lowest BCUT2D eigenvalue weighted by Gasteiger charge is -2.14. The van der Waals surface area contributed by atoms with Gasteiger partial charge in [-0.05, 0) is 38.0 Å². The predicted molar refractivity (Wildman–Crippen MR) is 63.0 cm³/mol. The largest absolute Gasteiger partial charge is 0.377 e. The van der Waals surface area contributed by atoms with Gasteiger partial charge in [0.25, 0.3) is 0 Å². The van der Waals surface area contributed by atoms with Gasteiger partial charge in [-0.3, -0.25) is 0 Å². The molecule has 0 aromatic carbocycles. The summed E-state index contributed by atoms with van der Waals surface area (Å²) in [4.78, 5) is 0. The molecule has 0 bridgehead atoms. The fourth-order valence-corrected chi connectivity index (χ4v) is 2.94. The van der Waals surface area contributed by atoms with Crippen molar-refractivity contribution in [1.82, 2.24) is 5.32 Å². The molecule has 2 atom stereocenters. The predicted octanol–water partition coefficient (Wildman–Crippen LogP) is 2.72. The van der Waals surface area contributed by atoms with Crippen molar-refractivity contribution in [2.75, 3.05) is 13.2 Å². The molecule has 2 heteroatoms. The van der Waals surface area contributed by atoms with Gasteiger partial charge in [-0.1, -0.05) is 19.8 Å². The maximum Gasteiger partial charge on any atom is 0.0594 e. The molecule has 2 aliphatic carbocycles. The topological polar surface area (TPSA) is 21.3 Å². The summed E-state index contributed by atoms with van der Waals surface area (Å²) in [6.07, 6.45) is 10.0. The molecule has 0 aromatic rings. The third-order valence-electron chi connectivity index (χ3n) is 3.89. The molecule has 0 aliphatic heterocycles. The molecule has 1 N–H and O–H groups in total. The van der Waals surface area contributed by atoms with E-state index < -0.39 is 0 Å². The van der Waals surface area contributed by atoms with Crippen LogP contribution in [0.1, 0.15) is 51.9 Å². The van der Waals surface area contributed by atoms with Crippen molar-refractivity contribution in [2.45, 2.75) is 64.0 Å². The Bertz CT molecular complexity index is 177. The van der Waals surface area contributed by atoms with Crippen LogP contribution in [0.15, 0.2) is 0 Å². The van der Waals surface area contributed by atoms with E-state index in [1.807, 2.05) is 0 Å². The number of hydrogen-bond acceptors (Lipinski definition) is 2. The Morgan fingerprint density at radius 1 is 1.13 bits per heavy atom. The van der Waals surface area contributed by atoms with E-state index in [4.69, 9.17) is 4.74 Å². The summed E-state index contributed by atoms with van der Waals surface area (Å²) in [6.45, 7) is 4.32. The van der Waals surface area contributed by atoms with Gasteiger partial charge in [0.15, 0.2) is 0 Å². The minimum Gasteiger partial charge on any atom is -0.377 e. The highest BCUT2D eigenvalue weighted by molar-refractivity contribution is 4.78. The summed E-state index contributed by atoms with van der Waals surface area (Å²) in [5.41, 5.74) is 0. The van der Waals surface area contributed by atoms with E-state index in [9.17, 15) is 0 Å². The molecule has 0 radical (unpaired) electrons. The van der Waals surface area contributed by atoms with E-state index >= 15 is 0 Å². The van der Waals surface area contributed by atoms with Gasteiger partial charge >= 0.3 is 0 Å². The molecule has 2 saturated carbocycles. The molecule has 88 valence electrons. The van der Waals surface area contributed by atoms with Crippen LogP contribution in [0.4, 0.5) is 0 Å². The summed E-state index contributed by atoms with van der Waals surface area (Å²) < 4.78 is 5.83. The average Bonchev–Trinajstić information content (AvgIpc) is 2.84. The Kier molecular flexibility index (Phi) is 4.45. The molecule has 2 unspecified atom stereocenters. The van der Waals surface area contributed by atoms with E-state index in [0.29, 0.717) is 6.10 Å². The van der Waals surface area contributed by atoms with Crippen molar-refractivity contribution < 1.29 is 4.74 Å². The molecule has 2 nitrogen and oxygen atoms in total. The summed E-state index contributed by atoms with van der Waals surface area (Å²) in [5.74, 6) is 0.929. The first kappa shape index (κ1) is 11.4. The Labute approximate surface area is 93.8 Å². The van der Waals surface area contributed by atoms with Crippen molar-refractivity contribution in [2.24, 2.45) is 5.92 Å². The lowest BCUT2D eigenvalue weighted by atomic mass is 10.1. The average molecular weight is 211 g/mol. The minimum absolute atomic E-state index is 0.578. The standard InChI is InChI=1S/C13H25NO/c1-11-6-7-12(10-11)14-8-9-15-13-4-2-3-5-13/h11-14H,2-10H2,1H3.